The normalized spacial score (nSPS) is 20.1. The van der Waals surface area contributed by atoms with Crippen molar-refractivity contribution in [2.24, 2.45) is 16.8 Å². The number of nitrogens with zero attached hydrogens (tertiary/aromatic N) is 2. The van der Waals surface area contributed by atoms with Crippen molar-refractivity contribution in [3.63, 3.8) is 0 Å². The zero-order chi connectivity index (χ0) is 21.8. The average molecular weight is 425 g/mol. The van der Waals surface area contributed by atoms with Crippen molar-refractivity contribution in [3.05, 3.63) is 30.1 Å². The number of para-hydroxylation sites is 2. The maximum Gasteiger partial charge on any atom is 0.287 e. The summed E-state index contributed by atoms with van der Waals surface area (Å²) in [6, 6.07) is 6.42. The lowest BCUT2D eigenvalue weighted by molar-refractivity contribution is -0.125. The van der Waals surface area contributed by atoms with Crippen molar-refractivity contribution in [2.75, 3.05) is 13.1 Å². The highest BCUT2D eigenvalue weighted by atomic mass is 16.2. The largest absolute Gasteiger partial charge is 0.356 e. The predicted molar refractivity (Wildman–Crippen MR) is 117 cm³/mol. The van der Waals surface area contributed by atoms with Gasteiger partial charge < -0.3 is 20.9 Å². The van der Waals surface area contributed by atoms with Crippen LogP contribution in [0.25, 0.3) is 11.0 Å². The summed E-state index contributed by atoms with van der Waals surface area (Å²) in [6.07, 6.45) is 3.95. The summed E-state index contributed by atoms with van der Waals surface area (Å²) < 4.78 is 0. The van der Waals surface area contributed by atoms with Crippen LogP contribution in [0.5, 0.6) is 0 Å². The van der Waals surface area contributed by atoms with E-state index in [1.54, 1.807) is 0 Å². The highest BCUT2D eigenvalue weighted by Gasteiger charge is 2.33. The Labute approximate surface area is 180 Å². The minimum atomic E-state index is -0.669. The van der Waals surface area contributed by atoms with Gasteiger partial charge in [-0.25, -0.2) is 4.98 Å². The van der Waals surface area contributed by atoms with Crippen molar-refractivity contribution < 1.29 is 14.4 Å². The molecule has 3 unspecified atom stereocenters. The number of aromatic nitrogens is 2. The minimum absolute atomic E-state index is 0.0102. The molecule has 3 atom stereocenters. The van der Waals surface area contributed by atoms with Gasteiger partial charge in [0.05, 0.1) is 17.6 Å². The molecule has 3 amide bonds. The monoisotopic (exact) mass is 424 g/mol. The van der Waals surface area contributed by atoms with E-state index < -0.39 is 11.9 Å². The number of hydrogen-bond donors (Lipinski definition) is 4. The standard InChI is InChI=1S/C22H28N6O3/c1-23-12-15(11-14-8-9-24-20(14)29)25-21(30)18(10-13-6-7-13)28-22(31)19-26-16-4-2-3-5-17(16)27-19/h2-5,13-15,18H,1,6-12H2,(H,24,29)(H,25,30)(H,26,27)(H,28,31). The molecule has 1 aliphatic heterocycles. The van der Waals surface area contributed by atoms with Gasteiger partial charge in [0.1, 0.15) is 6.04 Å². The van der Waals surface area contributed by atoms with E-state index in [9.17, 15) is 14.4 Å². The third-order valence-electron chi connectivity index (χ3n) is 5.92. The number of aromatic amines is 1. The smallest absolute Gasteiger partial charge is 0.287 e. The Morgan fingerprint density at radius 3 is 2.68 bits per heavy atom. The quantitative estimate of drug-likeness (QED) is 0.427. The van der Waals surface area contributed by atoms with Crippen LogP contribution in [0.2, 0.25) is 0 Å². The van der Waals surface area contributed by atoms with Crippen LogP contribution in [-0.4, -0.2) is 59.6 Å². The molecule has 0 bridgehead atoms. The van der Waals surface area contributed by atoms with Gasteiger partial charge in [-0.15, -0.1) is 0 Å². The van der Waals surface area contributed by atoms with Crippen LogP contribution < -0.4 is 16.0 Å². The van der Waals surface area contributed by atoms with Crippen LogP contribution in [-0.2, 0) is 9.59 Å². The van der Waals surface area contributed by atoms with E-state index in [1.807, 2.05) is 24.3 Å². The lowest BCUT2D eigenvalue weighted by Gasteiger charge is -2.23. The number of carbonyl (C=O) groups is 3. The van der Waals surface area contributed by atoms with Crippen LogP contribution in [0, 0.1) is 11.8 Å². The second-order valence-corrected chi connectivity index (χ2v) is 8.43. The Balaban J connectivity index is 1.42. The fourth-order valence-electron chi connectivity index (χ4n) is 4.06. The molecule has 2 aromatic rings. The van der Waals surface area contributed by atoms with Crippen molar-refractivity contribution in [1.29, 1.82) is 0 Å². The maximum absolute atomic E-state index is 13.1. The third kappa shape index (κ3) is 5.28. The molecular formula is C22H28N6O3. The lowest BCUT2D eigenvalue weighted by Crippen LogP contribution is -2.51. The Morgan fingerprint density at radius 2 is 2.00 bits per heavy atom. The summed E-state index contributed by atoms with van der Waals surface area (Å²) in [7, 11) is 0. The van der Waals surface area contributed by atoms with Gasteiger partial charge in [-0.1, -0.05) is 25.0 Å². The first-order chi connectivity index (χ1) is 15.0. The number of benzene rings is 1. The molecule has 1 aliphatic carbocycles. The number of amides is 3. The van der Waals surface area contributed by atoms with E-state index in [2.05, 4.69) is 37.6 Å². The van der Waals surface area contributed by atoms with E-state index in [4.69, 9.17) is 0 Å². The highest BCUT2D eigenvalue weighted by molar-refractivity contribution is 5.97. The molecule has 1 aromatic carbocycles. The third-order valence-corrected chi connectivity index (χ3v) is 5.92. The number of rotatable bonds is 10. The number of nitrogens with one attached hydrogen (secondary N) is 4. The summed E-state index contributed by atoms with van der Waals surface area (Å²) >= 11 is 0. The molecule has 1 aromatic heterocycles. The summed E-state index contributed by atoms with van der Waals surface area (Å²) in [5.74, 6) is -0.186. The second-order valence-electron chi connectivity index (χ2n) is 8.43. The molecule has 0 spiro atoms. The number of hydrogen-bond acceptors (Lipinski definition) is 5. The molecule has 0 radical (unpaired) electrons. The van der Waals surface area contributed by atoms with Gasteiger partial charge in [0.2, 0.25) is 11.8 Å². The number of aliphatic imine (C=N–C) groups is 1. The Hall–Kier alpha value is -3.23. The molecule has 2 aliphatic rings. The molecule has 164 valence electrons. The summed E-state index contributed by atoms with van der Waals surface area (Å²) in [6.45, 7) is 4.51. The molecule has 4 rings (SSSR count). The molecular weight excluding hydrogens is 396 g/mol. The molecule has 9 heteroatoms. The van der Waals surface area contributed by atoms with Crippen LogP contribution in [0.3, 0.4) is 0 Å². The van der Waals surface area contributed by atoms with E-state index in [-0.39, 0.29) is 29.6 Å². The SMILES string of the molecule is C=NCC(CC1CCNC1=O)NC(=O)C(CC1CC1)NC(=O)c1nc2ccccc2[nH]1. The Bertz CT molecular complexity index is 950. The van der Waals surface area contributed by atoms with Gasteiger partial charge in [-0.3, -0.25) is 19.4 Å². The van der Waals surface area contributed by atoms with Gasteiger partial charge >= 0.3 is 0 Å². The lowest BCUT2D eigenvalue weighted by atomic mass is 9.98. The molecule has 1 saturated heterocycles. The fraction of sp³-hybridized carbons (Fsp3) is 0.500. The average Bonchev–Trinajstić information content (AvgIpc) is 3.31. The summed E-state index contributed by atoms with van der Waals surface area (Å²) in [4.78, 5) is 49.0. The number of carbonyl (C=O) groups excluding carboxylic acids is 3. The van der Waals surface area contributed by atoms with Crippen molar-refractivity contribution >= 4 is 35.5 Å². The molecule has 2 fully saturated rings. The van der Waals surface area contributed by atoms with Gasteiger partial charge in [-0.05, 0) is 44.0 Å². The maximum atomic E-state index is 13.1. The molecule has 31 heavy (non-hydrogen) atoms. The number of imidazole rings is 1. The first kappa shape index (κ1) is 21.0. The van der Waals surface area contributed by atoms with Crippen LogP contribution in [0.4, 0.5) is 0 Å². The number of H-pyrrole nitrogens is 1. The zero-order valence-electron chi connectivity index (χ0n) is 17.4. The van der Waals surface area contributed by atoms with Gasteiger partial charge in [0.15, 0.2) is 5.82 Å². The number of fused-ring (bicyclic) bond motifs is 1. The van der Waals surface area contributed by atoms with Gasteiger partial charge in [0.25, 0.3) is 5.91 Å². The second kappa shape index (κ2) is 9.28. The van der Waals surface area contributed by atoms with E-state index in [0.717, 1.165) is 24.8 Å². The van der Waals surface area contributed by atoms with Crippen molar-refractivity contribution in [1.82, 2.24) is 25.9 Å². The highest BCUT2D eigenvalue weighted by Crippen LogP contribution is 2.33. The van der Waals surface area contributed by atoms with Crippen LogP contribution in [0.1, 0.15) is 42.7 Å². The van der Waals surface area contributed by atoms with Crippen molar-refractivity contribution in [2.45, 2.75) is 44.2 Å². The predicted octanol–water partition coefficient (Wildman–Crippen LogP) is 1.17. The topological polar surface area (TPSA) is 128 Å². The molecule has 1 saturated carbocycles. The van der Waals surface area contributed by atoms with E-state index >= 15 is 0 Å². The first-order valence-electron chi connectivity index (χ1n) is 10.8. The minimum Gasteiger partial charge on any atom is -0.356 e. The van der Waals surface area contributed by atoms with Crippen LogP contribution >= 0.6 is 0 Å². The Morgan fingerprint density at radius 1 is 1.19 bits per heavy atom. The fourth-order valence-corrected chi connectivity index (χ4v) is 4.06. The summed E-state index contributed by atoms with van der Waals surface area (Å²) in [5.41, 5.74) is 1.46. The van der Waals surface area contributed by atoms with Gasteiger partial charge in [-0.2, -0.15) is 0 Å². The first-order valence-corrected chi connectivity index (χ1v) is 10.8. The van der Waals surface area contributed by atoms with Crippen LogP contribution in [0.15, 0.2) is 29.3 Å². The molecule has 2 heterocycles. The van der Waals surface area contributed by atoms with E-state index in [1.165, 1.54) is 0 Å². The molecule has 9 nitrogen and oxygen atoms in total. The Kier molecular flexibility index (Phi) is 6.29. The van der Waals surface area contributed by atoms with Crippen molar-refractivity contribution in [3.8, 4) is 0 Å². The molecule has 4 N–H and O–H groups in total. The van der Waals surface area contributed by atoms with Gasteiger partial charge in [0, 0.05) is 18.5 Å². The zero-order valence-corrected chi connectivity index (χ0v) is 17.4. The summed E-state index contributed by atoms with van der Waals surface area (Å²) in [5, 5.41) is 8.65. The van der Waals surface area contributed by atoms with E-state index in [0.29, 0.717) is 37.4 Å².